The minimum absolute atomic E-state index is 0.0226. The summed E-state index contributed by atoms with van der Waals surface area (Å²) in [6.45, 7) is 1.75. The van der Waals surface area contributed by atoms with Crippen molar-refractivity contribution in [2.75, 3.05) is 11.1 Å². The Morgan fingerprint density at radius 3 is 2.53 bits per heavy atom. The Morgan fingerprint density at radius 2 is 1.80 bits per heavy atom. The molecule has 3 rings (SSSR count). The van der Waals surface area contributed by atoms with E-state index in [2.05, 4.69) is 20.8 Å². The zero-order valence-corrected chi connectivity index (χ0v) is 17.4. The van der Waals surface area contributed by atoms with Gasteiger partial charge in [-0.15, -0.1) is 10.2 Å². The minimum atomic E-state index is -0.579. The summed E-state index contributed by atoms with van der Waals surface area (Å²) in [5.41, 5.74) is 0.735. The number of anilines is 1. The van der Waals surface area contributed by atoms with Gasteiger partial charge in [-0.05, 0) is 31.2 Å². The number of nitrogens with one attached hydrogen (secondary N) is 2. The third-order valence-corrected chi connectivity index (χ3v) is 5.36. The number of aromatic nitrogens is 3. The van der Waals surface area contributed by atoms with Gasteiger partial charge in [0, 0.05) is 24.9 Å². The Labute approximate surface area is 178 Å². The smallest absolute Gasteiger partial charge is 0.254 e. The van der Waals surface area contributed by atoms with Crippen molar-refractivity contribution in [2.45, 2.75) is 24.5 Å². The zero-order valence-electron chi connectivity index (χ0n) is 16.6. The minimum Gasteiger partial charge on any atom is -0.342 e. The number of nitrogens with zero attached hydrogens (tertiary/aromatic N) is 3. The largest absolute Gasteiger partial charge is 0.342 e. The number of benzene rings is 2. The number of hydrogen-bond donors (Lipinski definition) is 2. The highest BCUT2D eigenvalue weighted by molar-refractivity contribution is 7.99. The van der Waals surface area contributed by atoms with Crippen molar-refractivity contribution in [3.05, 3.63) is 71.8 Å². The molecule has 1 atom stereocenters. The molecule has 0 aliphatic rings. The average Bonchev–Trinajstić information content (AvgIpc) is 3.09. The summed E-state index contributed by atoms with van der Waals surface area (Å²) in [5.74, 6) is -0.112. The molecule has 9 heteroatoms. The van der Waals surface area contributed by atoms with Crippen molar-refractivity contribution in [1.29, 1.82) is 0 Å². The summed E-state index contributed by atoms with van der Waals surface area (Å²) in [7, 11) is 1.79. The second-order valence-corrected chi connectivity index (χ2v) is 7.65. The number of para-hydroxylation sites is 1. The lowest BCUT2D eigenvalue weighted by molar-refractivity contribution is -0.115. The van der Waals surface area contributed by atoms with Crippen LogP contribution in [0.2, 0.25) is 0 Å². The number of rotatable bonds is 8. The molecule has 1 heterocycles. The lowest BCUT2D eigenvalue weighted by Gasteiger charge is -2.14. The molecule has 2 aromatic carbocycles. The van der Waals surface area contributed by atoms with E-state index in [1.54, 1.807) is 24.6 Å². The first-order valence-corrected chi connectivity index (χ1v) is 10.4. The Hall–Kier alpha value is -3.20. The lowest BCUT2D eigenvalue weighted by Crippen LogP contribution is -2.29. The Kier molecular flexibility index (Phi) is 7.18. The summed E-state index contributed by atoms with van der Waals surface area (Å²) in [4.78, 5) is 24.3. The molecule has 0 aliphatic carbocycles. The normalized spacial score (nSPS) is 11.7. The molecule has 0 aliphatic heterocycles. The number of carbonyl (C=O) groups excluding carboxylic acids is 2. The summed E-state index contributed by atoms with van der Waals surface area (Å²) < 4.78 is 15.5. The third-order valence-electron chi connectivity index (χ3n) is 4.34. The monoisotopic (exact) mass is 427 g/mol. The number of thioether (sulfide) groups is 1. The molecule has 0 saturated heterocycles. The highest BCUT2D eigenvalue weighted by Crippen LogP contribution is 2.20. The Balaban J connectivity index is 1.53. The van der Waals surface area contributed by atoms with E-state index in [1.807, 2.05) is 30.3 Å². The summed E-state index contributed by atoms with van der Waals surface area (Å²) in [6, 6.07) is 14.6. The second kappa shape index (κ2) is 10.0. The van der Waals surface area contributed by atoms with E-state index in [9.17, 15) is 14.0 Å². The molecule has 2 amide bonds. The molecule has 30 heavy (non-hydrogen) atoms. The van der Waals surface area contributed by atoms with Crippen molar-refractivity contribution < 1.29 is 14.0 Å². The van der Waals surface area contributed by atoms with Crippen molar-refractivity contribution in [3.63, 3.8) is 0 Å². The van der Waals surface area contributed by atoms with Gasteiger partial charge < -0.3 is 15.2 Å². The van der Waals surface area contributed by atoms with Crippen LogP contribution < -0.4 is 10.6 Å². The highest BCUT2D eigenvalue weighted by atomic mass is 32.2. The van der Waals surface area contributed by atoms with Crippen molar-refractivity contribution in [3.8, 4) is 0 Å². The van der Waals surface area contributed by atoms with E-state index in [1.165, 1.54) is 30.0 Å². The molecule has 1 aromatic heterocycles. The molecule has 156 valence electrons. The topological polar surface area (TPSA) is 88.9 Å². The molecule has 3 aromatic rings. The van der Waals surface area contributed by atoms with Gasteiger partial charge in [0.05, 0.1) is 11.6 Å². The first-order chi connectivity index (χ1) is 14.5. The summed E-state index contributed by atoms with van der Waals surface area (Å²) in [5, 5.41) is 14.5. The van der Waals surface area contributed by atoms with E-state index in [0.29, 0.717) is 23.2 Å². The lowest BCUT2D eigenvalue weighted by atomic mass is 10.2. The van der Waals surface area contributed by atoms with Crippen LogP contribution in [0.1, 0.15) is 35.6 Å². The first kappa shape index (κ1) is 21.5. The number of halogens is 1. The molecule has 7 nitrogen and oxygen atoms in total. The first-order valence-electron chi connectivity index (χ1n) is 9.38. The van der Waals surface area contributed by atoms with Gasteiger partial charge in [-0.1, -0.05) is 42.1 Å². The molecule has 0 fully saturated rings. The van der Waals surface area contributed by atoms with Crippen LogP contribution >= 0.6 is 11.8 Å². The highest BCUT2D eigenvalue weighted by Gasteiger charge is 2.20. The van der Waals surface area contributed by atoms with E-state index >= 15 is 0 Å². The fourth-order valence-electron chi connectivity index (χ4n) is 2.79. The van der Waals surface area contributed by atoms with E-state index < -0.39 is 17.8 Å². The summed E-state index contributed by atoms with van der Waals surface area (Å²) >= 11 is 1.40. The van der Waals surface area contributed by atoms with Crippen molar-refractivity contribution >= 4 is 29.3 Å². The fourth-order valence-corrected chi connectivity index (χ4v) is 3.65. The number of hydrogen-bond acceptors (Lipinski definition) is 5. The van der Waals surface area contributed by atoms with E-state index in [4.69, 9.17) is 0 Å². The van der Waals surface area contributed by atoms with Crippen LogP contribution in [0, 0.1) is 5.82 Å². The zero-order chi connectivity index (χ0) is 21.5. The van der Waals surface area contributed by atoms with E-state index in [-0.39, 0.29) is 11.5 Å². The van der Waals surface area contributed by atoms with Crippen LogP contribution in [-0.4, -0.2) is 32.3 Å². The maximum absolute atomic E-state index is 13.8. The fraction of sp³-hybridized carbons (Fsp3) is 0.238. The van der Waals surface area contributed by atoms with Crippen LogP contribution in [0.3, 0.4) is 0 Å². The molecule has 0 radical (unpaired) electrons. The van der Waals surface area contributed by atoms with Gasteiger partial charge in [0.15, 0.2) is 11.0 Å². The van der Waals surface area contributed by atoms with Crippen LogP contribution in [-0.2, 0) is 11.8 Å². The van der Waals surface area contributed by atoms with Gasteiger partial charge in [0.1, 0.15) is 5.82 Å². The predicted molar refractivity (Wildman–Crippen MR) is 114 cm³/mol. The van der Waals surface area contributed by atoms with Gasteiger partial charge in [-0.2, -0.15) is 0 Å². The molecular weight excluding hydrogens is 405 g/mol. The molecule has 0 unspecified atom stereocenters. The van der Waals surface area contributed by atoms with Gasteiger partial charge in [0.25, 0.3) is 5.91 Å². The maximum atomic E-state index is 13.8. The van der Waals surface area contributed by atoms with Gasteiger partial charge in [-0.25, -0.2) is 4.39 Å². The molecule has 0 saturated carbocycles. The SMILES string of the molecule is C[C@H](NC(=O)c1ccccc1F)c1nnc(SCCC(=O)Nc2ccccc2)n1C. The predicted octanol–water partition coefficient (Wildman–Crippen LogP) is 3.57. The van der Waals surface area contributed by atoms with Crippen LogP contribution in [0.4, 0.5) is 10.1 Å². The van der Waals surface area contributed by atoms with Crippen LogP contribution in [0.5, 0.6) is 0 Å². The van der Waals surface area contributed by atoms with Gasteiger partial charge in [0.2, 0.25) is 5.91 Å². The molecule has 0 spiro atoms. The number of amides is 2. The standard InChI is InChI=1S/C21H22FN5O2S/c1-14(23-20(29)16-10-6-7-11-17(16)22)19-25-26-21(27(19)2)30-13-12-18(28)24-15-8-4-3-5-9-15/h3-11,14H,12-13H2,1-2H3,(H,23,29)(H,24,28)/t14-/m0/s1. The van der Waals surface area contributed by atoms with Crippen molar-refractivity contribution in [1.82, 2.24) is 20.1 Å². The van der Waals surface area contributed by atoms with Gasteiger partial charge >= 0.3 is 0 Å². The summed E-state index contributed by atoms with van der Waals surface area (Å²) in [6.07, 6.45) is 0.321. The quantitative estimate of drug-likeness (QED) is 0.537. The Morgan fingerprint density at radius 1 is 1.10 bits per heavy atom. The van der Waals surface area contributed by atoms with Crippen molar-refractivity contribution in [2.24, 2.45) is 7.05 Å². The average molecular weight is 428 g/mol. The Bertz CT molecular complexity index is 1030. The van der Waals surface area contributed by atoms with E-state index in [0.717, 1.165) is 5.69 Å². The number of carbonyl (C=O) groups is 2. The van der Waals surface area contributed by atoms with Gasteiger partial charge in [-0.3, -0.25) is 9.59 Å². The molecule has 2 N–H and O–H groups in total. The van der Waals surface area contributed by atoms with Crippen LogP contribution in [0.25, 0.3) is 0 Å². The molecular formula is C21H22FN5O2S. The second-order valence-electron chi connectivity index (χ2n) is 6.59. The maximum Gasteiger partial charge on any atom is 0.254 e. The third kappa shape index (κ3) is 5.44. The molecule has 0 bridgehead atoms. The van der Waals surface area contributed by atoms with Crippen LogP contribution in [0.15, 0.2) is 59.8 Å².